The number of anilines is 2. The van der Waals surface area contributed by atoms with Crippen molar-refractivity contribution in [3.8, 4) is 0 Å². The summed E-state index contributed by atoms with van der Waals surface area (Å²) in [6.45, 7) is 9.68. The third kappa shape index (κ3) is 2.01. The predicted molar refractivity (Wildman–Crippen MR) is 72.4 cm³/mol. The molecule has 0 amide bonds. The SMILES string of the molecule is CCC1CCCN1c1c(N)c(C)nn1C(C)C. The predicted octanol–water partition coefficient (Wildman–Crippen LogP) is 2.73. The summed E-state index contributed by atoms with van der Waals surface area (Å²) < 4.78 is 2.08. The van der Waals surface area contributed by atoms with Gasteiger partial charge in [0.2, 0.25) is 0 Å². The number of nitrogens with two attached hydrogens (primary N) is 1. The Labute approximate surface area is 104 Å². The summed E-state index contributed by atoms with van der Waals surface area (Å²) in [5.41, 5.74) is 8.03. The summed E-state index contributed by atoms with van der Waals surface area (Å²) >= 11 is 0. The zero-order valence-electron chi connectivity index (χ0n) is 11.4. The molecule has 1 aromatic heterocycles. The van der Waals surface area contributed by atoms with Gasteiger partial charge in [0, 0.05) is 18.6 Å². The van der Waals surface area contributed by atoms with Crippen molar-refractivity contribution in [2.75, 3.05) is 17.2 Å². The van der Waals surface area contributed by atoms with Crippen LogP contribution >= 0.6 is 0 Å². The van der Waals surface area contributed by atoms with Crippen molar-refractivity contribution in [2.45, 2.75) is 59.0 Å². The Morgan fingerprint density at radius 2 is 2.18 bits per heavy atom. The molecule has 1 atom stereocenters. The lowest BCUT2D eigenvalue weighted by atomic mass is 10.1. The van der Waals surface area contributed by atoms with Gasteiger partial charge >= 0.3 is 0 Å². The van der Waals surface area contributed by atoms with Crippen molar-refractivity contribution in [1.29, 1.82) is 0 Å². The molecular weight excluding hydrogens is 212 g/mol. The molecule has 4 heteroatoms. The van der Waals surface area contributed by atoms with Crippen LogP contribution in [0.25, 0.3) is 0 Å². The van der Waals surface area contributed by atoms with E-state index < -0.39 is 0 Å². The first kappa shape index (κ1) is 12.3. The van der Waals surface area contributed by atoms with Gasteiger partial charge in [-0.3, -0.25) is 0 Å². The Morgan fingerprint density at radius 3 is 2.76 bits per heavy atom. The zero-order valence-corrected chi connectivity index (χ0v) is 11.4. The van der Waals surface area contributed by atoms with Crippen LogP contribution in [0.2, 0.25) is 0 Å². The molecule has 17 heavy (non-hydrogen) atoms. The summed E-state index contributed by atoms with van der Waals surface area (Å²) in [5.74, 6) is 1.14. The molecule has 2 N–H and O–H groups in total. The van der Waals surface area contributed by atoms with Crippen LogP contribution in [0.5, 0.6) is 0 Å². The van der Waals surface area contributed by atoms with Crippen molar-refractivity contribution in [2.24, 2.45) is 0 Å². The molecule has 0 bridgehead atoms. The van der Waals surface area contributed by atoms with E-state index in [0.29, 0.717) is 12.1 Å². The summed E-state index contributed by atoms with van der Waals surface area (Å²) in [5, 5.41) is 4.57. The monoisotopic (exact) mass is 236 g/mol. The lowest BCUT2D eigenvalue weighted by molar-refractivity contribution is 0.515. The molecule has 0 aliphatic carbocycles. The van der Waals surface area contributed by atoms with E-state index in [9.17, 15) is 0 Å². The van der Waals surface area contributed by atoms with E-state index in [4.69, 9.17) is 5.73 Å². The summed E-state index contributed by atoms with van der Waals surface area (Å²) in [4.78, 5) is 2.45. The number of rotatable bonds is 3. The van der Waals surface area contributed by atoms with Gasteiger partial charge in [-0.1, -0.05) is 6.92 Å². The number of hydrogen-bond acceptors (Lipinski definition) is 3. The third-order valence-corrected chi connectivity index (χ3v) is 3.72. The van der Waals surface area contributed by atoms with Crippen molar-refractivity contribution in [3.05, 3.63) is 5.69 Å². The molecule has 0 spiro atoms. The first-order valence-corrected chi connectivity index (χ1v) is 6.67. The van der Waals surface area contributed by atoms with Gasteiger partial charge in [0.05, 0.1) is 11.4 Å². The number of nitrogens with zero attached hydrogens (tertiary/aromatic N) is 3. The van der Waals surface area contributed by atoms with E-state index in [-0.39, 0.29) is 0 Å². The molecule has 96 valence electrons. The highest BCUT2D eigenvalue weighted by atomic mass is 15.4. The molecule has 0 aromatic carbocycles. The van der Waals surface area contributed by atoms with Crippen molar-refractivity contribution >= 4 is 11.5 Å². The molecule has 1 saturated heterocycles. The molecule has 1 unspecified atom stereocenters. The summed E-state index contributed by atoms with van der Waals surface area (Å²) in [6, 6.07) is 0.991. The number of aryl methyl sites for hydroxylation is 1. The Kier molecular flexibility index (Phi) is 3.31. The largest absolute Gasteiger partial charge is 0.394 e. The van der Waals surface area contributed by atoms with Crippen LogP contribution in [0, 0.1) is 6.92 Å². The van der Waals surface area contributed by atoms with Gasteiger partial charge in [-0.25, -0.2) is 4.68 Å². The highest BCUT2D eigenvalue weighted by molar-refractivity contribution is 5.67. The van der Waals surface area contributed by atoms with E-state index >= 15 is 0 Å². The van der Waals surface area contributed by atoms with E-state index in [0.717, 1.165) is 23.7 Å². The van der Waals surface area contributed by atoms with Crippen LogP contribution in [0.1, 0.15) is 51.8 Å². The Morgan fingerprint density at radius 1 is 1.47 bits per heavy atom. The van der Waals surface area contributed by atoms with E-state index in [1.54, 1.807) is 0 Å². The summed E-state index contributed by atoms with van der Waals surface area (Å²) in [6.07, 6.45) is 3.72. The van der Waals surface area contributed by atoms with Gasteiger partial charge in [0.15, 0.2) is 5.82 Å². The van der Waals surface area contributed by atoms with Crippen LogP contribution in [0.15, 0.2) is 0 Å². The normalized spacial score (nSPS) is 20.5. The van der Waals surface area contributed by atoms with Crippen LogP contribution in [-0.2, 0) is 0 Å². The minimum atomic E-state index is 0.360. The van der Waals surface area contributed by atoms with E-state index in [1.807, 2.05) is 6.92 Å². The maximum absolute atomic E-state index is 6.21. The first-order chi connectivity index (χ1) is 8.06. The van der Waals surface area contributed by atoms with Gasteiger partial charge in [-0.15, -0.1) is 0 Å². The second-order valence-corrected chi connectivity index (χ2v) is 5.26. The van der Waals surface area contributed by atoms with E-state index in [2.05, 4.69) is 35.5 Å². The van der Waals surface area contributed by atoms with E-state index in [1.165, 1.54) is 19.3 Å². The van der Waals surface area contributed by atoms with Crippen LogP contribution in [-0.4, -0.2) is 22.4 Å². The summed E-state index contributed by atoms with van der Waals surface area (Å²) in [7, 11) is 0. The molecule has 1 aliphatic heterocycles. The second kappa shape index (κ2) is 4.59. The molecule has 2 heterocycles. The smallest absolute Gasteiger partial charge is 0.151 e. The minimum absolute atomic E-state index is 0.360. The van der Waals surface area contributed by atoms with Gasteiger partial charge in [0.1, 0.15) is 0 Å². The Balaban J connectivity index is 2.42. The molecule has 0 radical (unpaired) electrons. The average molecular weight is 236 g/mol. The van der Waals surface area contributed by atoms with Crippen molar-refractivity contribution < 1.29 is 0 Å². The molecular formula is C13H24N4. The number of hydrogen-bond donors (Lipinski definition) is 1. The first-order valence-electron chi connectivity index (χ1n) is 6.67. The van der Waals surface area contributed by atoms with Crippen LogP contribution in [0.4, 0.5) is 11.5 Å². The number of nitrogen functional groups attached to an aromatic ring is 1. The van der Waals surface area contributed by atoms with Gasteiger partial charge in [-0.05, 0) is 40.0 Å². The van der Waals surface area contributed by atoms with Gasteiger partial charge in [0.25, 0.3) is 0 Å². The molecule has 1 aromatic rings. The minimum Gasteiger partial charge on any atom is -0.394 e. The quantitative estimate of drug-likeness (QED) is 0.877. The highest BCUT2D eigenvalue weighted by Crippen LogP contribution is 2.35. The molecule has 1 fully saturated rings. The maximum atomic E-state index is 6.21. The fourth-order valence-corrected chi connectivity index (χ4v) is 2.73. The fourth-order valence-electron chi connectivity index (χ4n) is 2.73. The Bertz CT molecular complexity index is 394. The molecule has 0 saturated carbocycles. The zero-order chi connectivity index (χ0) is 12.6. The third-order valence-electron chi connectivity index (χ3n) is 3.72. The molecule has 2 rings (SSSR count). The lowest BCUT2D eigenvalue weighted by Gasteiger charge is -2.28. The topological polar surface area (TPSA) is 47.1 Å². The lowest BCUT2D eigenvalue weighted by Crippen LogP contribution is -2.31. The molecule has 4 nitrogen and oxygen atoms in total. The van der Waals surface area contributed by atoms with Gasteiger partial charge in [-0.2, -0.15) is 5.10 Å². The maximum Gasteiger partial charge on any atom is 0.151 e. The molecule has 1 aliphatic rings. The van der Waals surface area contributed by atoms with Crippen molar-refractivity contribution in [3.63, 3.8) is 0 Å². The average Bonchev–Trinajstić information content (AvgIpc) is 2.84. The highest BCUT2D eigenvalue weighted by Gasteiger charge is 2.29. The van der Waals surface area contributed by atoms with Crippen LogP contribution in [0.3, 0.4) is 0 Å². The van der Waals surface area contributed by atoms with Crippen molar-refractivity contribution in [1.82, 2.24) is 9.78 Å². The fraction of sp³-hybridized carbons (Fsp3) is 0.769. The number of aromatic nitrogens is 2. The Hall–Kier alpha value is -1.19. The van der Waals surface area contributed by atoms with Gasteiger partial charge < -0.3 is 10.6 Å². The standard InChI is InChI=1S/C13H24N4/c1-5-11-7-6-8-16(11)13-12(14)10(4)15-17(13)9(2)3/h9,11H,5-8,14H2,1-4H3. The second-order valence-electron chi connectivity index (χ2n) is 5.26. The van der Waals surface area contributed by atoms with Crippen LogP contribution < -0.4 is 10.6 Å².